The van der Waals surface area contributed by atoms with Crippen LogP contribution in [0.2, 0.25) is 0 Å². The lowest BCUT2D eigenvalue weighted by molar-refractivity contribution is -0.921. The fourth-order valence-corrected chi connectivity index (χ4v) is 3.28. The van der Waals surface area contributed by atoms with Gasteiger partial charge < -0.3 is 19.7 Å². The fourth-order valence-electron chi connectivity index (χ4n) is 3.28. The largest absolute Gasteiger partial charge is 0.495 e. The first-order valence-electron chi connectivity index (χ1n) is 9.01. The van der Waals surface area contributed by atoms with Crippen molar-refractivity contribution in [3.8, 4) is 5.75 Å². The van der Waals surface area contributed by atoms with E-state index in [0.717, 1.165) is 24.3 Å². The number of benzene rings is 1. The number of nitrogens with one attached hydrogen (secondary N) is 2. The number of nitro benzene ring substituents is 1. The van der Waals surface area contributed by atoms with Gasteiger partial charge in [0, 0.05) is 12.1 Å². The van der Waals surface area contributed by atoms with Gasteiger partial charge in [-0.2, -0.15) is 0 Å². The summed E-state index contributed by atoms with van der Waals surface area (Å²) in [7, 11) is 1.43. The number of non-ortho nitro benzene ring substituents is 1. The van der Waals surface area contributed by atoms with Crippen molar-refractivity contribution in [1.29, 1.82) is 0 Å². The summed E-state index contributed by atoms with van der Waals surface area (Å²) < 4.78 is 10.3. The molecule has 1 aliphatic rings. The van der Waals surface area contributed by atoms with Crippen molar-refractivity contribution in [3.63, 3.8) is 0 Å². The number of hydrogen-bond acceptors (Lipinski definition) is 6. The van der Waals surface area contributed by atoms with Crippen LogP contribution >= 0.6 is 0 Å². The minimum absolute atomic E-state index is 0.133. The van der Waals surface area contributed by atoms with Crippen LogP contribution in [0.1, 0.15) is 26.7 Å². The van der Waals surface area contributed by atoms with Gasteiger partial charge in [0.15, 0.2) is 6.04 Å². The Balaban J connectivity index is 2.08. The van der Waals surface area contributed by atoms with E-state index in [-0.39, 0.29) is 29.2 Å². The Morgan fingerprint density at radius 1 is 1.44 bits per heavy atom. The number of hydrogen-bond donors (Lipinski definition) is 2. The standard InChI is InChI=1S/C18H25N3O6/c1-4-27-18(23)13-6-5-9-20(11-13)12(2)17(22)19-15-10-14(21(24)25)7-8-16(15)26-3/h7-8,10,12-13H,4-6,9,11H2,1-3H3,(H,19,22)/p+1/t12-,13+/m0/s1. The molecule has 1 heterocycles. The van der Waals surface area contributed by atoms with Gasteiger partial charge >= 0.3 is 5.97 Å². The average Bonchev–Trinajstić information content (AvgIpc) is 2.67. The second kappa shape index (κ2) is 9.31. The summed E-state index contributed by atoms with van der Waals surface area (Å²) in [6.45, 7) is 5.19. The molecule has 0 radical (unpaired) electrons. The molecule has 2 N–H and O–H groups in total. The van der Waals surface area contributed by atoms with Gasteiger partial charge in [-0.15, -0.1) is 0 Å². The number of carbonyl (C=O) groups is 2. The van der Waals surface area contributed by atoms with E-state index >= 15 is 0 Å². The number of carbonyl (C=O) groups excluding carboxylic acids is 2. The van der Waals surface area contributed by atoms with E-state index < -0.39 is 11.0 Å². The van der Waals surface area contributed by atoms with Crippen LogP contribution in [0.25, 0.3) is 0 Å². The highest BCUT2D eigenvalue weighted by Crippen LogP contribution is 2.28. The van der Waals surface area contributed by atoms with Gasteiger partial charge in [0.1, 0.15) is 11.7 Å². The predicted octanol–water partition coefficient (Wildman–Crippen LogP) is 0.788. The first kappa shape index (κ1) is 20.6. The third-order valence-electron chi connectivity index (χ3n) is 4.84. The highest BCUT2D eigenvalue weighted by Gasteiger charge is 2.35. The molecule has 1 fully saturated rings. The number of anilines is 1. The van der Waals surface area contributed by atoms with Gasteiger partial charge in [0.05, 0.1) is 37.4 Å². The number of esters is 1. The van der Waals surface area contributed by atoms with Gasteiger partial charge in [-0.05, 0) is 32.8 Å². The van der Waals surface area contributed by atoms with Crippen molar-refractivity contribution >= 4 is 23.3 Å². The van der Waals surface area contributed by atoms with Crippen LogP contribution in [0.4, 0.5) is 11.4 Å². The van der Waals surface area contributed by atoms with E-state index in [4.69, 9.17) is 9.47 Å². The number of likely N-dealkylation sites (tertiary alicyclic amines) is 1. The summed E-state index contributed by atoms with van der Waals surface area (Å²) in [6.07, 6.45) is 1.59. The number of methoxy groups -OCH3 is 1. The van der Waals surface area contributed by atoms with Crippen molar-refractivity contribution in [2.75, 3.05) is 32.1 Å². The highest BCUT2D eigenvalue weighted by atomic mass is 16.6. The van der Waals surface area contributed by atoms with Gasteiger partial charge in [-0.3, -0.25) is 19.7 Å². The van der Waals surface area contributed by atoms with Crippen molar-refractivity contribution in [3.05, 3.63) is 28.3 Å². The number of quaternary nitrogens is 1. The quantitative estimate of drug-likeness (QED) is 0.411. The summed E-state index contributed by atoms with van der Waals surface area (Å²) >= 11 is 0. The molecular weight excluding hydrogens is 354 g/mol. The maximum absolute atomic E-state index is 12.7. The molecule has 0 aromatic heterocycles. The number of rotatable bonds is 7. The first-order chi connectivity index (χ1) is 12.9. The summed E-state index contributed by atoms with van der Waals surface area (Å²) in [4.78, 5) is 36.1. The zero-order valence-corrected chi connectivity index (χ0v) is 15.8. The molecule has 9 nitrogen and oxygen atoms in total. The molecule has 2 rings (SSSR count). The molecular formula is C18H26N3O6+. The lowest BCUT2D eigenvalue weighted by Gasteiger charge is -2.32. The van der Waals surface area contributed by atoms with Crippen LogP contribution in [0.15, 0.2) is 18.2 Å². The number of piperidine rings is 1. The number of nitro groups is 1. The van der Waals surface area contributed by atoms with Gasteiger partial charge in [-0.25, -0.2) is 0 Å². The van der Waals surface area contributed by atoms with Crippen LogP contribution in [0, 0.1) is 16.0 Å². The molecule has 0 spiro atoms. The Morgan fingerprint density at radius 3 is 2.81 bits per heavy atom. The lowest BCUT2D eigenvalue weighted by Crippen LogP contribution is -3.18. The third-order valence-corrected chi connectivity index (χ3v) is 4.84. The van der Waals surface area contributed by atoms with Crippen LogP contribution in [-0.4, -0.2) is 49.6 Å². The maximum Gasteiger partial charge on any atom is 0.314 e. The maximum atomic E-state index is 12.7. The minimum atomic E-state index is -0.529. The second-order valence-electron chi connectivity index (χ2n) is 6.56. The van der Waals surface area contributed by atoms with Gasteiger partial charge in [-0.1, -0.05) is 0 Å². The summed E-state index contributed by atoms with van der Waals surface area (Å²) in [5, 5.41) is 13.7. The zero-order valence-electron chi connectivity index (χ0n) is 15.8. The number of nitrogens with zero attached hydrogens (tertiary/aromatic N) is 1. The molecule has 9 heteroatoms. The monoisotopic (exact) mass is 380 g/mol. The lowest BCUT2D eigenvalue weighted by atomic mass is 9.97. The average molecular weight is 380 g/mol. The molecule has 148 valence electrons. The predicted molar refractivity (Wildman–Crippen MR) is 97.8 cm³/mol. The van der Waals surface area contributed by atoms with Crippen LogP contribution in [-0.2, 0) is 14.3 Å². The Morgan fingerprint density at radius 2 is 2.19 bits per heavy atom. The van der Waals surface area contributed by atoms with Gasteiger partial charge in [0.2, 0.25) is 0 Å². The van der Waals surface area contributed by atoms with E-state index in [1.165, 1.54) is 25.3 Å². The Labute approximate surface area is 157 Å². The second-order valence-corrected chi connectivity index (χ2v) is 6.56. The number of amides is 1. The van der Waals surface area contributed by atoms with E-state index in [0.29, 0.717) is 18.9 Å². The minimum Gasteiger partial charge on any atom is -0.495 e. The van der Waals surface area contributed by atoms with Crippen molar-refractivity contribution in [2.24, 2.45) is 5.92 Å². The summed E-state index contributed by atoms with van der Waals surface area (Å²) in [6, 6.07) is 3.61. The van der Waals surface area contributed by atoms with Crippen molar-refractivity contribution in [1.82, 2.24) is 0 Å². The van der Waals surface area contributed by atoms with Crippen molar-refractivity contribution in [2.45, 2.75) is 32.7 Å². The van der Waals surface area contributed by atoms with E-state index in [9.17, 15) is 19.7 Å². The van der Waals surface area contributed by atoms with Crippen LogP contribution < -0.4 is 15.0 Å². The molecule has 27 heavy (non-hydrogen) atoms. The molecule has 1 aliphatic heterocycles. The molecule has 1 amide bonds. The Bertz CT molecular complexity index is 708. The zero-order chi connectivity index (χ0) is 20.0. The molecule has 0 aliphatic carbocycles. The van der Waals surface area contributed by atoms with E-state index in [1.807, 2.05) is 0 Å². The SMILES string of the molecule is CCOC(=O)[C@@H]1CCC[NH+]([C@@H](C)C(=O)Nc2cc([N+](=O)[O-])ccc2OC)C1. The normalized spacial score (nSPS) is 20.4. The topological polar surface area (TPSA) is 112 Å². The van der Waals surface area contributed by atoms with E-state index in [2.05, 4.69) is 5.32 Å². The molecule has 0 saturated carbocycles. The Hall–Kier alpha value is -2.68. The molecule has 0 bridgehead atoms. The molecule has 1 aromatic rings. The summed E-state index contributed by atoms with van der Waals surface area (Å²) in [5.41, 5.74) is 0.119. The number of ether oxygens (including phenoxy) is 2. The van der Waals surface area contributed by atoms with Crippen LogP contribution in [0.5, 0.6) is 5.75 Å². The molecule has 3 atom stereocenters. The summed E-state index contributed by atoms with van der Waals surface area (Å²) in [5.74, 6) is -0.369. The molecule has 1 saturated heterocycles. The van der Waals surface area contributed by atoms with Crippen LogP contribution in [0.3, 0.4) is 0 Å². The molecule has 1 unspecified atom stereocenters. The van der Waals surface area contributed by atoms with E-state index in [1.54, 1.807) is 13.8 Å². The highest BCUT2D eigenvalue weighted by molar-refractivity contribution is 5.95. The molecule has 1 aromatic carbocycles. The Kier molecular flexibility index (Phi) is 7.12. The fraction of sp³-hybridized carbons (Fsp3) is 0.556. The van der Waals surface area contributed by atoms with Gasteiger partial charge in [0.25, 0.3) is 11.6 Å². The smallest absolute Gasteiger partial charge is 0.314 e. The third kappa shape index (κ3) is 5.16. The first-order valence-corrected chi connectivity index (χ1v) is 9.01. The van der Waals surface area contributed by atoms with Crippen molar-refractivity contribution < 1.29 is 28.9 Å².